The molecular weight excluding hydrogens is 1250 g/mol. The Labute approximate surface area is 542 Å². The molecule has 0 bridgehead atoms. The van der Waals surface area contributed by atoms with Crippen LogP contribution in [0.1, 0.15) is 211 Å². The summed E-state index contributed by atoms with van der Waals surface area (Å²) in [4.78, 5) is 0. The van der Waals surface area contributed by atoms with Crippen molar-refractivity contribution in [1.29, 1.82) is 0 Å². The standard InChI is InChI=1S/C74H100O8P2.2ClH.Ru/c1-67(2,3)47-33-43(34-48(61(47)75-25)68(4,5)6)83(44-35-49(69(7,8)9)62(76-26)50(36-44)70(10,11)12)57-31-29-55-65(81-41-79-55)59(57)60-58(32-30-56-66(60)82-42-80-56)84(45-37-51(71(13,14)15)63(77-27)52(38-45)72(16,17)18)46-39-53(73(19,20)21)64(78-28)54(40-46)74(22,23)24;;;/h29-40H,41-42H2,1-28H3;2*1H;/q;;;+2/p-2. The first-order chi connectivity index (χ1) is 40.0. The van der Waals surface area contributed by atoms with Crippen LogP contribution in [0.5, 0.6) is 46.0 Å². The van der Waals surface area contributed by atoms with Crippen LogP contribution in [0.2, 0.25) is 0 Å². The zero-order chi connectivity index (χ0) is 65.3. The Balaban J connectivity index is 0.00000353. The maximum absolute atomic E-state index is 6.98. The maximum atomic E-state index is 6.98. The van der Waals surface area contributed by atoms with E-state index in [0.717, 1.165) is 89.2 Å². The summed E-state index contributed by atoms with van der Waals surface area (Å²) in [6.07, 6.45) is 0. The molecule has 476 valence electrons. The molecule has 6 aromatic rings. The molecule has 0 radical (unpaired) electrons. The molecule has 0 amide bonds. The molecule has 0 saturated heterocycles. The minimum absolute atomic E-state index is 0.0701. The van der Waals surface area contributed by atoms with Crippen LogP contribution in [-0.2, 0) is 58.5 Å². The number of benzene rings is 6. The van der Waals surface area contributed by atoms with E-state index in [2.05, 4.69) is 239 Å². The van der Waals surface area contributed by atoms with Crippen LogP contribution in [-0.4, -0.2) is 42.0 Å². The van der Waals surface area contributed by atoms with E-state index in [0.29, 0.717) is 23.0 Å². The predicted molar refractivity (Wildman–Crippen MR) is 369 cm³/mol. The Morgan fingerprint density at radius 3 is 0.667 bits per heavy atom. The predicted octanol–water partition coefficient (Wildman–Crippen LogP) is 18.1. The fourth-order valence-corrected chi connectivity index (χ4v) is 17.0. The quantitative estimate of drug-likeness (QED) is 0.0938. The Hall–Kier alpha value is -4.22. The van der Waals surface area contributed by atoms with Crippen LogP contribution in [0.15, 0.2) is 72.8 Å². The van der Waals surface area contributed by atoms with Crippen molar-refractivity contribution in [2.75, 3.05) is 42.0 Å². The summed E-state index contributed by atoms with van der Waals surface area (Å²) in [6, 6.07) is 28.4. The molecule has 8 nitrogen and oxygen atoms in total. The van der Waals surface area contributed by atoms with Crippen LogP contribution in [0.3, 0.4) is 0 Å². The third-order valence-electron chi connectivity index (χ3n) is 16.4. The van der Waals surface area contributed by atoms with E-state index in [4.69, 9.17) is 57.3 Å². The third-order valence-corrected chi connectivity index (χ3v) is 21.2. The van der Waals surface area contributed by atoms with Gasteiger partial charge in [0.05, 0.1) is 28.4 Å². The number of hydrogen-bond donors (Lipinski definition) is 0. The van der Waals surface area contributed by atoms with Crippen LogP contribution in [0.4, 0.5) is 0 Å². The van der Waals surface area contributed by atoms with Gasteiger partial charge in [0, 0.05) is 55.6 Å². The van der Waals surface area contributed by atoms with Crippen molar-refractivity contribution in [3.8, 4) is 57.1 Å². The minimum atomic E-state index is -1.50. The number of methoxy groups -OCH3 is 4. The summed E-state index contributed by atoms with van der Waals surface area (Å²) in [5.41, 5.74) is 8.79. The van der Waals surface area contributed by atoms with Crippen molar-refractivity contribution in [3.63, 3.8) is 0 Å². The van der Waals surface area contributed by atoms with Gasteiger partial charge in [-0.3, -0.25) is 0 Å². The van der Waals surface area contributed by atoms with Gasteiger partial charge in [0.1, 0.15) is 23.0 Å². The van der Waals surface area contributed by atoms with E-state index in [1.807, 2.05) is 28.4 Å². The normalized spacial score (nSPS) is 14.0. The molecule has 0 atom stereocenters. The van der Waals surface area contributed by atoms with E-state index in [1.165, 1.54) is 21.2 Å². The summed E-state index contributed by atoms with van der Waals surface area (Å²) in [5, 5.41) is 6.98. The molecule has 0 spiro atoms. The van der Waals surface area contributed by atoms with Gasteiger partial charge in [0.15, 0.2) is 23.0 Å². The second kappa shape index (κ2) is 25.5. The second-order valence-corrected chi connectivity index (χ2v) is 38.4. The van der Waals surface area contributed by atoms with Crippen molar-refractivity contribution >= 4 is 67.1 Å². The van der Waals surface area contributed by atoms with Gasteiger partial charge in [0.25, 0.3) is 0 Å². The van der Waals surface area contributed by atoms with Gasteiger partial charge in [-0.15, -0.1) is 0 Å². The average molecular weight is 1350 g/mol. The van der Waals surface area contributed by atoms with E-state index >= 15 is 0 Å². The average Bonchev–Trinajstić information content (AvgIpc) is 1.70. The number of halogens is 2. The molecule has 0 unspecified atom stereocenters. The SMILES string of the molecule is COc1c(C(C)(C)C)cc(P(c2cc(C(C)(C)C)c(OC)c(C(C)(C)C)c2)c2ccc3c(c2-c2c(P(c4cc(C(C)(C)C)c(OC)c(C(C)(C)C)c4)c4cc(C(C)(C)C)c(OC)c(C(C)(C)C)c4)ccc4c2OCO4)OCO3)cc1C(C)(C)C.[Cl][Ru][Cl]. The van der Waals surface area contributed by atoms with Gasteiger partial charge in [-0.2, -0.15) is 0 Å². The molecule has 8 rings (SSSR count). The van der Waals surface area contributed by atoms with Gasteiger partial charge in [0.2, 0.25) is 13.6 Å². The van der Waals surface area contributed by atoms with Crippen molar-refractivity contribution in [2.45, 2.75) is 209 Å². The van der Waals surface area contributed by atoms with Crippen molar-refractivity contribution in [2.24, 2.45) is 0 Å². The number of fused-ring (bicyclic) bond motifs is 2. The first kappa shape index (κ1) is 70.2. The Morgan fingerprint density at radius 1 is 0.322 bits per heavy atom. The molecule has 2 aliphatic rings. The molecule has 2 aliphatic heterocycles. The zero-order valence-corrected chi connectivity index (χ0v) is 62.7. The van der Waals surface area contributed by atoms with Crippen LogP contribution in [0, 0.1) is 0 Å². The molecule has 2 heterocycles. The summed E-state index contributed by atoms with van der Waals surface area (Å²) in [7, 11) is 14.0. The van der Waals surface area contributed by atoms with Crippen LogP contribution in [0.25, 0.3) is 11.1 Å². The van der Waals surface area contributed by atoms with Gasteiger partial charge in [-0.25, -0.2) is 0 Å². The Morgan fingerprint density at radius 2 is 0.506 bits per heavy atom. The zero-order valence-electron chi connectivity index (χ0n) is 57.6. The summed E-state index contributed by atoms with van der Waals surface area (Å²) >= 11 is -0.346. The first-order valence-corrected chi connectivity index (χ1v) is 37.4. The van der Waals surface area contributed by atoms with E-state index in [1.54, 1.807) is 0 Å². The molecule has 0 aromatic heterocycles. The van der Waals surface area contributed by atoms with Gasteiger partial charge in [-0.05, 0) is 164 Å². The van der Waals surface area contributed by atoms with E-state index < -0.39 is 15.8 Å². The second-order valence-electron chi connectivity index (χ2n) is 31.4. The van der Waals surface area contributed by atoms with Crippen LogP contribution >= 0.6 is 35.2 Å². The third kappa shape index (κ3) is 14.5. The van der Waals surface area contributed by atoms with Crippen LogP contribution < -0.4 is 69.7 Å². The molecule has 0 aliphatic carbocycles. The fourth-order valence-electron chi connectivity index (χ4n) is 11.9. The van der Waals surface area contributed by atoms with Gasteiger partial charge >= 0.3 is 34.5 Å². The Bertz CT molecular complexity index is 2980. The van der Waals surface area contributed by atoms with E-state index in [-0.39, 0.29) is 72.1 Å². The molecule has 13 heteroatoms. The molecule has 0 saturated carbocycles. The molecule has 0 fully saturated rings. The number of ether oxygens (including phenoxy) is 8. The topological polar surface area (TPSA) is 73.8 Å². The Kier molecular flexibility index (Phi) is 20.6. The molecule has 0 N–H and O–H groups in total. The number of rotatable bonds is 11. The van der Waals surface area contributed by atoms with E-state index in [9.17, 15) is 0 Å². The monoisotopic (exact) mass is 1350 g/mol. The summed E-state index contributed by atoms with van der Waals surface area (Å²) < 4.78 is 53.1. The summed E-state index contributed by atoms with van der Waals surface area (Å²) in [6.45, 7) is 55.2. The van der Waals surface area contributed by atoms with Gasteiger partial charge in [-0.1, -0.05) is 166 Å². The van der Waals surface area contributed by atoms with Crippen molar-refractivity contribution < 1.29 is 53.0 Å². The molecule has 87 heavy (non-hydrogen) atoms. The summed E-state index contributed by atoms with van der Waals surface area (Å²) in [5.74, 6) is 6.42. The first-order valence-electron chi connectivity index (χ1n) is 30.2. The molecular formula is C74H100Cl2O8P2Ru. The number of hydrogen-bond acceptors (Lipinski definition) is 8. The van der Waals surface area contributed by atoms with Gasteiger partial charge < -0.3 is 37.9 Å². The van der Waals surface area contributed by atoms with Crippen molar-refractivity contribution in [3.05, 3.63) is 117 Å². The van der Waals surface area contributed by atoms with Crippen molar-refractivity contribution in [1.82, 2.24) is 0 Å². The fraction of sp³-hybridized carbons (Fsp3) is 0.514. The molecule has 6 aromatic carbocycles.